The monoisotopic (exact) mass is 298 g/mol. The van der Waals surface area contributed by atoms with Crippen LogP contribution in [0.3, 0.4) is 0 Å². The molecule has 0 saturated carbocycles. The van der Waals surface area contributed by atoms with E-state index in [-0.39, 0.29) is 5.91 Å². The second-order valence-electron chi connectivity index (χ2n) is 5.19. The minimum absolute atomic E-state index is 0.0801. The van der Waals surface area contributed by atoms with Gasteiger partial charge in [-0.1, -0.05) is 12.1 Å². The van der Waals surface area contributed by atoms with Crippen molar-refractivity contribution < 1.29 is 4.79 Å². The molecule has 0 atom stereocenters. The summed E-state index contributed by atoms with van der Waals surface area (Å²) in [6, 6.07) is 13.8. The molecule has 2 aromatic carbocycles. The molecule has 1 amide bonds. The first kappa shape index (κ1) is 14.0. The lowest BCUT2D eigenvalue weighted by Gasteiger charge is -2.29. The van der Waals surface area contributed by atoms with Gasteiger partial charge >= 0.3 is 0 Å². The summed E-state index contributed by atoms with van der Waals surface area (Å²) in [5.74, 6) is 0.0801. The van der Waals surface area contributed by atoms with Gasteiger partial charge in [0.05, 0.1) is 0 Å². The van der Waals surface area contributed by atoms with E-state index in [4.69, 9.17) is 5.73 Å². The molecule has 1 heterocycles. The Morgan fingerprint density at radius 2 is 1.95 bits per heavy atom. The number of nitrogens with two attached hydrogens (primary N) is 1. The lowest BCUT2D eigenvalue weighted by atomic mass is 9.97. The molecule has 0 spiro atoms. The van der Waals surface area contributed by atoms with Crippen LogP contribution >= 0.6 is 11.8 Å². The number of hydrogen-bond acceptors (Lipinski definition) is 3. The highest BCUT2D eigenvalue weighted by atomic mass is 32.2. The van der Waals surface area contributed by atoms with Crippen LogP contribution in [0.1, 0.15) is 21.5 Å². The first-order valence-corrected chi connectivity index (χ1v) is 8.21. The summed E-state index contributed by atoms with van der Waals surface area (Å²) in [6.45, 7) is 1.35. The number of hydrogen-bond donors (Lipinski definition) is 1. The third-order valence-corrected chi connectivity index (χ3v) is 4.68. The van der Waals surface area contributed by atoms with E-state index in [1.165, 1.54) is 10.5 Å². The largest absolute Gasteiger partial charge is 0.398 e. The van der Waals surface area contributed by atoms with Crippen molar-refractivity contribution in [3.8, 4) is 0 Å². The van der Waals surface area contributed by atoms with Crippen LogP contribution in [-0.4, -0.2) is 23.6 Å². The fraction of sp³-hybridized carbons (Fsp3) is 0.235. The Bertz CT molecular complexity index is 667. The second kappa shape index (κ2) is 5.82. The number of carbonyl (C=O) groups is 1. The molecule has 1 aliphatic rings. The zero-order valence-electron chi connectivity index (χ0n) is 12.0. The van der Waals surface area contributed by atoms with Crippen molar-refractivity contribution in [2.75, 3.05) is 18.5 Å². The van der Waals surface area contributed by atoms with E-state index in [1.807, 2.05) is 47.6 Å². The molecule has 0 unspecified atom stereocenters. The molecule has 0 aromatic heterocycles. The Balaban J connectivity index is 1.81. The van der Waals surface area contributed by atoms with Crippen LogP contribution in [0.25, 0.3) is 0 Å². The highest BCUT2D eigenvalue weighted by Crippen LogP contribution is 2.25. The van der Waals surface area contributed by atoms with Gasteiger partial charge in [0.25, 0.3) is 5.91 Å². The smallest absolute Gasteiger partial charge is 0.254 e. The number of rotatable bonds is 2. The molecular weight excluding hydrogens is 280 g/mol. The first-order chi connectivity index (χ1) is 10.2. The quantitative estimate of drug-likeness (QED) is 0.684. The number of thioether (sulfide) groups is 1. The molecule has 0 aliphatic carbocycles. The Morgan fingerprint density at radius 3 is 2.67 bits per heavy atom. The van der Waals surface area contributed by atoms with E-state index in [0.29, 0.717) is 6.54 Å². The van der Waals surface area contributed by atoms with Gasteiger partial charge in [-0.05, 0) is 54.1 Å². The van der Waals surface area contributed by atoms with E-state index in [9.17, 15) is 4.79 Å². The molecule has 0 radical (unpaired) electrons. The Labute approximate surface area is 129 Å². The van der Waals surface area contributed by atoms with E-state index >= 15 is 0 Å². The minimum Gasteiger partial charge on any atom is -0.398 e. The van der Waals surface area contributed by atoms with Gasteiger partial charge in [-0.15, -0.1) is 11.8 Å². The van der Waals surface area contributed by atoms with Crippen LogP contribution in [0.15, 0.2) is 47.4 Å². The average Bonchev–Trinajstić information content (AvgIpc) is 2.54. The van der Waals surface area contributed by atoms with Gasteiger partial charge in [0.1, 0.15) is 0 Å². The van der Waals surface area contributed by atoms with Crippen LogP contribution < -0.4 is 5.73 Å². The van der Waals surface area contributed by atoms with Gasteiger partial charge in [-0.2, -0.15) is 0 Å². The van der Waals surface area contributed by atoms with Crippen molar-refractivity contribution in [1.82, 2.24) is 4.90 Å². The predicted octanol–water partition coefficient (Wildman–Crippen LogP) is 3.19. The van der Waals surface area contributed by atoms with Gasteiger partial charge in [-0.3, -0.25) is 4.79 Å². The second-order valence-corrected chi connectivity index (χ2v) is 6.07. The molecule has 3 nitrogen and oxygen atoms in total. The van der Waals surface area contributed by atoms with E-state index in [2.05, 4.69) is 6.07 Å². The molecule has 3 rings (SSSR count). The number of anilines is 1. The van der Waals surface area contributed by atoms with Crippen molar-refractivity contribution in [3.63, 3.8) is 0 Å². The molecule has 4 heteroatoms. The maximum absolute atomic E-state index is 12.6. The third kappa shape index (κ3) is 2.76. The number of nitrogen functional groups attached to an aromatic ring is 1. The van der Waals surface area contributed by atoms with E-state index in [0.717, 1.165) is 29.8 Å². The predicted molar refractivity (Wildman–Crippen MR) is 87.5 cm³/mol. The molecule has 21 heavy (non-hydrogen) atoms. The standard InChI is InChI=1S/C17H18N2OS/c1-21-14-7-5-13(6-8-14)17(20)19-10-9-12-3-2-4-16(18)15(12)11-19/h2-8H,9-11,18H2,1H3. The molecular formula is C17H18N2OS. The minimum atomic E-state index is 0.0801. The van der Waals surface area contributed by atoms with Crippen LogP contribution in [0.4, 0.5) is 5.69 Å². The Kier molecular flexibility index (Phi) is 3.88. The molecule has 1 aliphatic heterocycles. The van der Waals surface area contributed by atoms with E-state index in [1.54, 1.807) is 11.8 Å². The summed E-state index contributed by atoms with van der Waals surface area (Å²) < 4.78 is 0. The zero-order chi connectivity index (χ0) is 14.8. The average molecular weight is 298 g/mol. The molecule has 108 valence electrons. The first-order valence-electron chi connectivity index (χ1n) is 6.98. The number of carbonyl (C=O) groups excluding carboxylic acids is 1. The molecule has 0 saturated heterocycles. The van der Waals surface area contributed by atoms with Crippen LogP contribution in [0.2, 0.25) is 0 Å². The van der Waals surface area contributed by atoms with Gasteiger partial charge < -0.3 is 10.6 Å². The highest BCUT2D eigenvalue weighted by Gasteiger charge is 2.22. The van der Waals surface area contributed by atoms with Gasteiger partial charge in [0.2, 0.25) is 0 Å². The zero-order valence-corrected chi connectivity index (χ0v) is 12.8. The van der Waals surface area contributed by atoms with Crippen molar-refractivity contribution in [3.05, 3.63) is 59.2 Å². The van der Waals surface area contributed by atoms with Crippen LogP contribution in [0.5, 0.6) is 0 Å². The fourth-order valence-corrected chi connectivity index (χ4v) is 3.10. The normalized spacial score (nSPS) is 13.9. The van der Waals surface area contributed by atoms with Crippen molar-refractivity contribution in [2.45, 2.75) is 17.9 Å². The third-order valence-electron chi connectivity index (χ3n) is 3.93. The van der Waals surface area contributed by atoms with Gasteiger partial charge in [0, 0.05) is 29.2 Å². The number of amides is 1. The van der Waals surface area contributed by atoms with Crippen LogP contribution in [-0.2, 0) is 13.0 Å². The highest BCUT2D eigenvalue weighted by molar-refractivity contribution is 7.98. The summed E-state index contributed by atoms with van der Waals surface area (Å²) in [7, 11) is 0. The van der Waals surface area contributed by atoms with Crippen molar-refractivity contribution in [2.24, 2.45) is 0 Å². The number of benzene rings is 2. The summed E-state index contributed by atoms with van der Waals surface area (Å²) in [6.07, 6.45) is 2.90. The topological polar surface area (TPSA) is 46.3 Å². The summed E-state index contributed by atoms with van der Waals surface area (Å²) in [4.78, 5) is 15.6. The maximum Gasteiger partial charge on any atom is 0.254 e. The number of nitrogens with zero attached hydrogens (tertiary/aromatic N) is 1. The summed E-state index contributed by atoms with van der Waals surface area (Å²) >= 11 is 1.68. The van der Waals surface area contributed by atoms with Crippen molar-refractivity contribution >= 4 is 23.4 Å². The van der Waals surface area contributed by atoms with Gasteiger partial charge in [-0.25, -0.2) is 0 Å². The summed E-state index contributed by atoms with van der Waals surface area (Å²) in [5, 5.41) is 0. The Hall–Kier alpha value is -1.94. The molecule has 0 bridgehead atoms. The molecule has 2 aromatic rings. The lowest BCUT2D eigenvalue weighted by Crippen LogP contribution is -2.36. The maximum atomic E-state index is 12.6. The fourth-order valence-electron chi connectivity index (χ4n) is 2.70. The molecule has 2 N–H and O–H groups in total. The summed E-state index contributed by atoms with van der Waals surface area (Å²) in [5.41, 5.74) is 9.92. The van der Waals surface area contributed by atoms with Crippen molar-refractivity contribution in [1.29, 1.82) is 0 Å². The van der Waals surface area contributed by atoms with E-state index < -0.39 is 0 Å². The van der Waals surface area contributed by atoms with Crippen LogP contribution in [0, 0.1) is 0 Å². The lowest BCUT2D eigenvalue weighted by molar-refractivity contribution is 0.0735. The Morgan fingerprint density at radius 1 is 1.19 bits per heavy atom. The van der Waals surface area contributed by atoms with Gasteiger partial charge in [0.15, 0.2) is 0 Å². The molecule has 0 fully saturated rings. The SMILES string of the molecule is CSc1ccc(C(=O)N2CCc3cccc(N)c3C2)cc1. The number of fused-ring (bicyclic) bond motifs is 1.